The van der Waals surface area contributed by atoms with Crippen LogP contribution >= 0.6 is 0 Å². The van der Waals surface area contributed by atoms with Crippen molar-refractivity contribution in [3.05, 3.63) is 96.1 Å². The molecular weight excluding hydrogens is 412 g/mol. The van der Waals surface area contributed by atoms with Gasteiger partial charge in [0.2, 0.25) is 10.0 Å². The zero-order valence-corrected chi connectivity index (χ0v) is 18.1. The lowest BCUT2D eigenvalue weighted by atomic mass is 10.1. The van der Waals surface area contributed by atoms with Gasteiger partial charge in [-0.3, -0.25) is 4.79 Å². The average molecular weight is 439 g/mol. The number of carbonyl (C=O) groups is 1. The Balaban J connectivity index is 1.47. The lowest BCUT2D eigenvalue weighted by Crippen LogP contribution is -2.30. The molecule has 3 rings (SSSR count). The molecule has 162 valence electrons. The van der Waals surface area contributed by atoms with Crippen LogP contribution in [0.5, 0.6) is 5.75 Å². The van der Waals surface area contributed by atoms with Crippen LogP contribution in [0, 0.1) is 0 Å². The molecule has 0 aliphatic carbocycles. The monoisotopic (exact) mass is 438 g/mol. The number of hydrogen-bond acceptors (Lipinski definition) is 4. The van der Waals surface area contributed by atoms with Crippen molar-refractivity contribution in [1.29, 1.82) is 0 Å². The van der Waals surface area contributed by atoms with Crippen molar-refractivity contribution in [1.82, 2.24) is 10.0 Å². The Morgan fingerprint density at radius 1 is 0.903 bits per heavy atom. The molecule has 7 heteroatoms. The summed E-state index contributed by atoms with van der Waals surface area (Å²) in [7, 11) is -3.68. The van der Waals surface area contributed by atoms with Gasteiger partial charge >= 0.3 is 0 Å². The first-order chi connectivity index (χ1) is 14.9. The van der Waals surface area contributed by atoms with Gasteiger partial charge in [0.05, 0.1) is 4.90 Å². The molecule has 3 aromatic rings. The summed E-state index contributed by atoms with van der Waals surface area (Å²) in [6, 6.07) is 24.9. The highest BCUT2D eigenvalue weighted by molar-refractivity contribution is 7.89. The fraction of sp³-hybridized carbons (Fsp3) is 0.208. The maximum absolute atomic E-state index is 12.6. The van der Waals surface area contributed by atoms with E-state index in [1.54, 1.807) is 19.1 Å². The molecule has 0 radical (unpaired) electrons. The van der Waals surface area contributed by atoms with Gasteiger partial charge in [-0.2, -0.15) is 0 Å². The fourth-order valence-electron chi connectivity index (χ4n) is 3.02. The van der Waals surface area contributed by atoms with Gasteiger partial charge in [-0.1, -0.05) is 60.7 Å². The Morgan fingerprint density at radius 3 is 2.16 bits per heavy atom. The first-order valence-corrected chi connectivity index (χ1v) is 11.5. The lowest BCUT2D eigenvalue weighted by molar-refractivity contribution is -0.123. The number of carbonyl (C=O) groups excluding carboxylic acids is 1. The minimum atomic E-state index is -3.68. The molecular formula is C24H26N2O4S. The largest absolute Gasteiger partial charge is 0.484 e. The van der Waals surface area contributed by atoms with Crippen LogP contribution in [0.25, 0.3) is 0 Å². The average Bonchev–Trinajstić information content (AvgIpc) is 2.79. The van der Waals surface area contributed by atoms with E-state index in [-0.39, 0.29) is 23.5 Å². The Kier molecular flexibility index (Phi) is 7.81. The van der Waals surface area contributed by atoms with Crippen molar-refractivity contribution in [3.63, 3.8) is 0 Å². The van der Waals surface area contributed by atoms with Crippen molar-refractivity contribution in [3.8, 4) is 5.75 Å². The third kappa shape index (κ3) is 6.94. The van der Waals surface area contributed by atoms with Crippen LogP contribution in [0.1, 0.15) is 24.1 Å². The van der Waals surface area contributed by atoms with E-state index in [2.05, 4.69) is 10.0 Å². The summed E-state index contributed by atoms with van der Waals surface area (Å²) in [5.74, 6) is 0.194. The predicted octanol–water partition coefficient (Wildman–Crippen LogP) is 3.46. The minimum Gasteiger partial charge on any atom is -0.484 e. The van der Waals surface area contributed by atoms with E-state index in [0.717, 1.165) is 17.5 Å². The maximum Gasteiger partial charge on any atom is 0.257 e. The lowest BCUT2D eigenvalue weighted by Gasteiger charge is -2.15. The summed E-state index contributed by atoms with van der Waals surface area (Å²) in [6.07, 6.45) is 0.744. The van der Waals surface area contributed by atoms with E-state index >= 15 is 0 Å². The van der Waals surface area contributed by atoms with E-state index in [1.165, 1.54) is 12.1 Å². The summed E-state index contributed by atoms with van der Waals surface area (Å²) >= 11 is 0. The van der Waals surface area contributed by atoms with E-state index < -0.39 is 10.0 Å². The highest BCUT2D eigenvalue weighted by atomic mass is 32.2. The van der Waals surface area contributed by atoms with E-state index in [4.69, 9.17) is 4.74 Å². The molecule has 1 amide bonds. The molecule has 1 atom stereocenters. The molecule has 2 N–H and O–H groups in total. The van der Waals surface area contributed by atoms with Gasteiger partial charge in [0, 0.05) is 12.6 Å². The molecule has 0 saturated carbocycles. The normalized spacial score (nSPS) is 12.2. The van der Waals surface area contributed by atoms with Gasteiger partial charge in [-0.15, -0.1) is 0 Å². The molecule has 31 heavy (non-hydrogen) atoms. The first kappa shape index (κ1) is 22.5. The zero-order valence-electron chi connectivity index (χ0n) is 17.3. The second kappa shape index (κ2) is 10.7. The molecule has 0 aromatic heterocycles. The van der Waals surface area contributed by atoms with Crippen LogP contribution < -0.4 is 14.8 Å². The second-order valence-electron chi connectivity index (χ2n) is 7.10. The number of rotatable bonds is 10. The van der Waals surface area contributed by atoms with Gasteiger partial charge in [-0.05, 0) is 48.7 Å². The summed E-state index contributed by atoms with van der Waals surface area (Å²) in [6.45, 7) is 2.18. The summed E-state index contributed by atoms with van der Waals surface area (Å²) in [5.41, 5.74) is 2.03. The molecule has 0 aliphatic rings. The van der Waals surface area contributed by atoms with E-state index in [9.17, 15) is 13.2 Å². The Labute approximate surface area is 183 Å². The molecule has 0 fully saturated rings. The second-order valence-corrected chi connectivity index (χ2v) is 8.81. The highest BCUT2D eigenvalue weighted by Gasteiger charge is 2.18. The van der Waals surface area contributed by atoms with Crippen LogP contribution in [0.2, 0.25) is 0 Å². The Bertz CT molecular complexity index is 1070. The topological polar surface area (TPSA) is 84.5 Å². The fourth-order valence-corrected chi connectivity index (χ4v) is 4.25. The van der Waals surface area contributed by atoms with Crippen LogP contribution in [0.3, 0.4) is 0 Å². The van der Waals surface area contributed by atoms with Gasteiger partial charge in [-0.25, -0.2) is 13.1 Å². The summed E-state index contributed by atoms with van der Waals surface area (Å²) < 4.78 is 33.3. The predicted molar refractivity (Wildman–Crippen MR) is 120 cm³/mol. The number of hydrogen-bond donors (Lipinski definition) is 2. The van der Waals surface area contributed by atoms with Crippen molar-refractivity contribution in [2.45, 2.75) is 24.3 Å². The SMILES string of the molecule is C[C@@H](NS(=O)(=O)c1ccc(OCC(=O)NCCc2ccccc2)cc1)c1ccccc1. The highest BCUT2D eigenvalue weighted by Crippen LogP contribution is 2.19. The van der Waals surface area contributed by atoms with Crippen LogP contribution in [-0.4, -0.2) is 27.5 Å². The third-order valence-corrected chi connectivity index (χ3v) is 6.27. The van der Waals surface area contributed by atoms with Gasteiger partial charge in [0.1, 0.15) is 5.75 Å². The van der Waals surface area contributed by atoms with Crippen molar-refractivity contribution in [2.24, 2.45) is 0 Å². The Hall–Kier alpha value is -3.16. The minimum absolute atomic E-state index is 0.134. The van der Waals surface area contributed by atoms with Gasteiger partial charge in [0.25, 0.3) is 5.91 Å². The number of sulfonamides is 1. The smallest absolute Gasteiger partial charge is 0.257 e. The molecule has 0 spiro atoms. The molecule has 6 nitrogen and oxygen atoms in total. The maximum atomic E-state index is 12.6. The molecule has 0 heterocycles. The molecule has 0 saturated heterocycles. The van der Waals surface area contributed by atoms with Gasteiger partial charge < -0.3 is 10.1 Å². The first-order valence-electron chi connectivity index (χ1n) is 10.0. The van der Waals surface area contributed by atoms with Crippen LogP contribution in [-0.2, 0) is 21.2 Å². The van der Waals surface area contributed by atoms with E-state index in [1.807, 2.05) is 60.7 Å². The number of amides is 1. The van der Waals surface area contributed by atoms with Crippen molar-refractivity contribution < 1.29 is 17.9 Å². The standard InChI is InChI=1S/C24H26N2O4S/c1-19(21-10-6-3-7-11-21)26-31(28,29)23-14-12-22(13-15-23)30-18-24(27)25-17-16-20-8-4-2-5-9-20/h2-15,19,26H,16-18H2,1H3,(H,25,27)/t19-/m1/s1. The quantitative estimate of drug-likeness (QED) is 0.508. The molecule has 3 aromatic carbocycles. The summed E-state index contributed by atoms with van der Waals surface area (Å²) in [4.78, 5) is 12.1. The number of benzene rings is 3. The van der Waals surface area contributed by atoms with E-state index in [0.29, 0.717) is 12.3 Å². The number of nitrogens with one attached hydrogen (secondary N) is 2. The molecule has 0 bridgehead atoms. The number of ether oxygens (including phenoxy) is 1. The molecule has 0 unspecified atom stereocenters. The van der Waals surface area contributed by atoms with Gasteiger partial charge in [0.15, 0.2) is 6.61 Å². The van der Waals surface area contributed by atoms with Crippen LogP contribution in [0.15, 0.2) is 89.8 Å². The van der Waals surface area contributed by atoms with Crippen molar-refractivity contribution >= 4 is 15.9 Å². The van der Waals surface area contributed by atoms with Crippen molar-refractivity contribution in [2.75, 3.05) is 13.2 Å². The summed E-state index contributed by atoms with van der Waals surface area (Å²) in [5, 5.41) is 2.80. The Morgan fingerprint density at radius 2 is 1.52 bits per heavy atom. The third-order valence-electron chi connectivity index (χ3n) is 4.71. The van der Waals surface area contributed by atoms with Crippen LogP contribution in [0.4, 0.5) is 0 Å². The zero-order chi connectivity index (χ0) is 22.1. The molecule has 0 aliphatic heterocycles.